The van der Waals surface area contributed by atoms with E-state index in [-0.39, 0.29) is 6.61 Å². The highest BCUT2D eigenvalue weighted by molar-refractivity contribution is 5.06. The molecule has 2 N–H and O–H groups in total. The van der Waals surface area contributed by atoms with Crippen molar-refractivity contribution in [3.63, 3.8) is 0 Å². The molecule has 14 heavy (non-hydrogen) atoms. The summed E-state index contributed by atoms with van der Waals surface area (Å²) in [5.74, 6) is 0. The van der Waals surface area contributed by atoms with Crippen LogP contribution in [0, 0.1) is 0 Å². The number of aliphatic hydroxyl groups is 1. The first-order valence-electron chi connectivity index (χ1n) is 5.18. The van der Waals surface area contributed by atoms with Crippen LogP contribution in [-0.2, 0) is 13.6 Å². The lowest BCUT2D eigenvalue weighted by molar-refractivity contribution is 0.276. The van der Waals surface area contributed by atoms with Gasteiger partial charge in [0, 0.05) is 38.1 Å². The molecule has 0 aliphatic heterocycles. The quantitative estimate of drug-likeness (QED) is 0.719. The van der Waals surface area contributed by atoms with Gasteiger partial charge in [-0.15, -0.1) is 0 Å². The number of aryl methyl sites for hydroxylation is 1. The van der Waals surface area contributed by atoms with E-state index in [4.69, 9.17) is 5.11 Å². The molecule has 0 amide bonds. The molecule has 0 aliphatic carbocycles. The third kappa shape index (κ3) is 3.52. The minimum atomic E-state index is 0.288. The van der Waals surface area contributed by atoms with Crippen molar-refractivity contribution < 1.29 is 5.11 Å². The third-order valence-electron chi connectivity index (χ3n) is 2.48. The van der Waals surface area contributed by atoms with Gasteiger partial charge in [-0.25, -0.2) is 0 Å². The summed E-state index contributed by atoms with van der Waals surface area (Å²) in [6.45, 7) is 3.34. The van der Waals surface area contributed by atoms with E-state index in [0.717, 1.165) is 19.4 Å². The molecule has 80 valence electrons. The number of hydrogen-bond acceptors (Lipinski definition) is 2. The van der Waals surface area contributed by atoms with E-state index in [9.17, 15) is 0 Å². The summed E-state index contributed by atoms with van der Waals surface area (Å²) in [5, 5.41) is 12.1. The monoisotopic (exact) mass is 196 g/mol. The van der Waals surface area contributed by atoms with Gasteiger partial charge in [-0.3, -0.25) is 0 Å². The van der Waals surface area contributed by atoms with E-state index in [1.165, 1.54) is 5.69 Å². The fourth-order valence-electron chi connectivity index (χ4n) is 1.46. The Bertz CT molecular complexity index is 258. The van der Waals surface area contributed by atoms with Crippen molar-refractivity contribution in [2.45, 2.75) is 32.4 Å². The molecular weight excluding hydrogens is 176 g/mol. The maximum Gasteiger partial charge on any atom is 0.0431 e. The fraction of sp³-hybridized carbons (Fsp3) is 0.636. The molecular formula is C11H20N2O. The van der Waals surface area contributed by atoms with E-state index in [0.29, 0.717) is 6.04 Å². The molecule has 0 radical (unpaired) electrons. The van der Waals surface area contributed by atoms with Crippen LogP contribution in [0.5, 0.6) is 0 Å². The summed E-state index contributed by atoms with van der Waals surface area (Å²) in [7, 11) is 2.05. The maximum absolute atomic E-state index is 8.68. The van der Waals surface area contributed by atoms with Crippen LogP contribution in [-0.4, -0.2) is 22.3 Å². The zero-order valence-corrected chi connectivity index (χ0v) is 9.03. The van der Waals surface area contributed by atoms with Gasteiger partial charge in [-0.05, 0) is 31.9 Å². The van der Waals surface area contributed by atoms with Crippen LogP contribution >= 0.6 is 0 Å². The number of aromatic nitrogens is 1. The maximum atomic E-state index is 8.68. The molecule has 0 aromatic carbocycles. The summed E-state index contributed by atoms with van der Waals surface area (Å²) in [4.78, 5) is 0. The Morgan fingerprint density at radius 2 is 2.36 bits per heavy atom. The lowest BCUT2D eigenvalue weighted by atomic mass is 10.2. The summed E-state index contributed by atoms with van der Waals surface area (Å²) >= 11 is 0. The van der Waals surface area contributed by atoms with Crippen molar-refractivity contribution in [2.24, 2.45) is 7.05 Å². The second-order valence-corrected chi connectivity index (χ2v) is 3.76. The minimum absolute atomic E-state index is 0.288. The lowest BCUT2D eigenvalue weighted by Gasteiger charge is -2.13. The molecule has 0 unspecified atom stereocenters. The van der Waals surface area contributed by atoms with E-state index in [1.54, 1.807) is 0 Å². The Labute approximate surface area is 85.7 Å². The van der Waals surface area contributed by atoms with Crippen LogP contribution in [0.15, 0.2) is 18.3 Å². The third-order valence-corrected chi connectivity index (χ3v) is 2.48. The van der Waals surface area contributed by atoms with Crippen LogP contribution in [0.1, 0.15) is 25.5 Å². The summed E-state index contributed by atoms with van der Waals surface area (Å²) in [6.07, 6.45) is 3.96. The average molecular weight is 196 g/mol. The highest BCUT2D eigenvalue weighted by Gasteiger charge is 2.02. The van der Waals surface area contributed by atoms with Crippen molar-refractivity contribution in [2.75, 3.05) is 6.61 Å². The number of nitrogens with zero attached hydrogens (tertiary/aromatic N) is 1. The predicted molar refractivity (Wildman–Crippen MR) is 58.0 cm³/mol. The number of nitrogens with one attached hydrogen (secondary N) is 1. The minimum Gasteiger partial charge on any atom is -0.396 e. The zero-order valence-electron chi connectivity index (χ0n) is 9.03. The Kier molecular flexibility index (Phi) is 4.70. The van der Waals surface area contributed by atoms with Gasteiger partial charge in [-0.2, -0.15) is 0 Å². The van der Waals surface area contributed by atoms with Gasteiger partial charge in [0.1, 0.15) is 0 Å². The van der Waals surface area contributed by atoms with Crippen molar-refractivity contribution in [3.05, 3.63) is 24.0 Å². The first-order chi connectivity index (χ1) is 6.74. The summed E-state index contributed by atoms with van der Waals surface area (Å²) in [5.41, 5.74) is 1.29. The highest BCUT2D eigenvalue weighted by Crippen LogP contribution is 2.01. The number of rotatable bonds is 6. The Balaban J connectivity index is 2.23. The van der Waals surface area contributed by atoms with Crippen LogP contribution in [0.2, 0.25) is 0 Å². The van der Waals surface area contributed by atoms with Gasteiger partial charge in [0.05, 0.1) is 0 Å². The lowest BCUT2D eigenvalue weighted by Crippen LogP contribution is -2.26. The number of aliphatic hydroxyl groups excluding tert-OH is 1. The molecule has 1 heterocycles. The van der Waals surface area contributed by atoms with Crippen LogP contribution in [0.25, 0.3) is 0 Å². The van der Waals surface area contributed by atoms with Gasteiger partial charge in [0.2, 0.25) is 0 Å². The van der Waals surface area contributed by atoms with Crippen molar-refractivity contribution in [3.8, 4) is 0 Å². The van der Waals surface area contributed by atoms with Crippen molar-refractivity contribution in [1.29, 1.82) is 0 Å². The number of hydrogen-bond donors (Lipinski definition) is 2. The topological polar surface area (TPSA) is 37.2 Å². The van der Waals surface area contributed by atoms with Gasteiger partial charge in [0.15, 0.2) is 0 Å². The van der Waals surface area contributed by atoms with E-state index < -0.39 is 0 Å². The largest absolute Gasteiger partial charge is 0.396 e. The van der Waals surface area contributed by atoms with Gasteiger partial charge in [0.25, 0.3) is 0 Å². The van der Waals surface area contributed by atoms with E-state index in [2.05, 4.69) is 42.2 Å². The van der Waals surface area contributed by atoms with E-state index >= 15 is 0 Å². The van der Waals surface area contributed by atoms with Gasteiger partial charge >= 0.3 is 0 Å². The summed E-state index contributed by atoms with van der Waals surface area (Å²) < 4.78 is 2.12. The molecule has 0 aliphatic rings. The molecule has 1 aromatic rings. The molecule has 0 fully saturated rings. The fourth-order valence-corrected chi connectivity index (χ4v) is 1.46. The highest BCUT2D eigenvalue weighted by atomic mass is 16.2. The molecule has 0 bridgehead atoms. The second kappa shape index (κ2) is 5.83. The molecule has 0 saturated heterocycles. The van der Waals surface area contributed by atoms with Crippen molar-refractivity contribution >= 4 is 0 Å². The molecule has 1 aromatic heterocycles. The van der Waals surface area contributed by atoms with Gasteiger partial charge < -0.3 is 15.0 Å². The smallest absolute Gasteiger partial charge is 0.0431 e. The Hall–Kier alpha value is -0.800. The van der Waals surface area contributed by atoms with Gasteiger partial charge in [-0.1, -0.05) is 0 Å². The molecule has 0 spiro atoms. The van der Waals surface area contributed by atoms with E-state index in [1.807, 2.05) is 0 Å². The first kappa shape index (κ1) is 11.3. The molecule has 3 nitrogen and oxygen atoms in total. The SMILES string of the molecule is C[C@@H](CCCO)NCc1cccn1C. The normalized spacial score (nSPS) is 13.1. The summed E-state index contributed by atoms with van der Waals surface area (Å²) in [6, 6.07) is 4.64. The van der Waals surface area contributed by atoms with Crippen LogP contribution < -0.4 is 5.32 Å². The van der Waals surface area contributed by atoms with Crippen molar-refractivity contribution in [1.82, 2.24) is 9.88 Å². The molecule has 1 rings (SSSR count). The molecule has 1 atom stereocenters. The Morgan fingerprint density at radius 1 is 1.57 bits per heavy atom. The second-order valence-electron chi connectivity index (χ2n) is 3.76. The molecule has 3 heteroatoms. The molecule has 0 saturated carbocycles. The zero-order chi connectivity index (χ0) is 10.4. The standard InChI is InChI=1S/C11H20N2O/c1-10(5-4-8-14)12-9-11-6-3-7-13(11)2/h3,6-7,10,12,14H,4-5,8-9H2,1-2H3/t10-/m0/s1. The average Bonchev–Trinajstić information content (AvgIpc) is 2.58. The predicted octanol–water partition coefficient (Wildman–Crippen LogP) is 1.28. The van der Waals surface area contributed by atoms with Crippen LogP contribution in [0.4, 0.5) is 0 Å². The Morgan fingerprint density at radius 3 is 2.93 bits per heavy atom. The van der Waals surface area contributed by atoms with Crippen LogP contribution in [0.3, 0.4) is 0 Å². The first-order valence-corrected chi connectivity index (χ1v) is 5.18.